The molecule has 1 atom stereocenters. The molecule has 0 radical (unpaired) electrons. The summed E-state index contributed by atoms with van der Waals surface area (Å²) >= 11 is 0. The number of hydrogen-bond acceptors (Lipinski definition) is 6. The third-order valence-electron chi connectivity index (χ3n) is 3.82. The van der Waals surface area contributed by atoms with Gasteiger partial charge in [0.15, 0.2) is 11.5 Å². The Balaban J connectivity index is 1.73. The zero-order chi connectivity index (χ0) is 15.1. The molecule has 1 saturated heterocycles. The first-order chi connectivity index (χ1) is 10.8. The quantitative estimate of drug-likeness (QED) is 0.900. The van der Waals surface area contributed by atoms with Crippen molar-refractivity contribution in [3.63, 3.8) is 0 Å². The lowest BCUT2D eigenvalue weighted by atomic mass is 10.1. The van der Waals surface area contributed by atoms with Gasteiger partial charge in [0.2, 0.25) is 12.7 Å². The van der Waals surface area contributed by atoms with Crippen molar-refractivity contribution in [1.29, 1.82) is 0 Å². The Labute approximate surface area is 126 Å². The molecule has 1 fully saturated rings. The molecule has 3 heterocycles. The number of fused-ring (bicyclic) bond motifs is 1. The van der Waals surface area contributed by atoms with Crippen LogP contribution in [0.25, 0.3) is 11.3 Å². The van der Waals surface area contributed by atoms with Crippen molar-refractivity contribution in [3.8, 4) is 28.5 Å². The van der Waals surface area contributed by atoms with Gasteiger partial charge < -0.3 is 19.5 Å². The minimum absolute atomic E-state index is 0.0332. The van der Waals surface area contributed by atoms with Crippen molar-refractivity contribution in [2.45, 2.75) is 12.5 Å². The van der Waals surface area contributed by atoms with Crippen molar-refractivity contribution >= 4 is 5.91 Å². The second-order valence-electron chi connectivity index (χ2n) is 5.09. The van der Waals surface area contributed by atoms with Gasteiger partial charge in [-0.25, -0.2) is 4.68 Å². The molecule has 2 aliphatic heterocycles. The molecule has 1 amide bonds. The molecule has 2 aromatic rings. The molecule has 0 saturated carbocycles. The maximum Gasteiger partial charge on any atom is 0.245 e. The molecule has 0 aliphatic carbocycles. The van der Waals surface area contributed by atoms with E-state index in [-0.39, 0.29) is 18.7 Å². The van der Waals surface area contributed by atoms with E-state index >= 15 is 0 Å². The van der Waals surface area contributed by atoms with E-state index in [1.165, 1.54) is 0 Å². The summed E-state index contributed by atoms with van der Waals surface area (Å²) in [4.78, 5) is 11.7. The van der Waals surface area contributed by atoms with Gasteiger partial charge in [-0.1, -0.05) is 5.21 Å². The number of amides is 1. The summed E-state index contributed by atoms with van der Waals surface area (Å²) in [7, 11) is 1.58. The lowest BCUT2D eigenvalue weighted by molar-refractivity contribution is -0.122. The second-order valence-corrected chi connectivity index (χ2v) is 5.09. The fourth-order valence-electron chi connectivity index (χ4n) is 2.68. The van der Waals surface area contributed by atoms with Crippen LogP contribution in [0, 0.1) is 0 Å². The van der Waals surface area contributed by atoms with Gasteiger partial charge in [-0.05, 0) is 12.5 Å². The molecule has 0 spiro atoms. The fourth-order valence-corrected chi connectivity index (χ4v) is 2.68. The molecule has 1 aromatic heterocycles. The van der Waals surface area contributed by atoms with Crippen LogP contribution in [0.2, 0.25) is 0 Å². The molecule has 8 nitrogen and oxygen atoms in total. The number of aromatic nitrogens is 3. The van der Waals surface area contributed by atoms with Gasteiger partial charge in [0, 0.05) is 18.2 Å². The normalized spacial score (nSPS) is 19.3. The molecule has 2 aliphatic rings. The summed E-state index contributed by atoms with van der Waals surface area (Å²) in [6.07, 6.45) is 2.45. The largest absolute Gasteiger partial charge is 0.496 e. The maximum atomic E-state index is 11.7. The number of rotatable bonds is 3. The van der Waals surface area contributed by atoms with Crippen LogP contribution in [0.3, 0.4) is 0 Å². The van der Waals surface area contributed by atoms with E-state index < -0.39 is 0 Å². The predicted molar refractivity (Wildman–Crippen MR) is 74.8 cm³/mol. The van der Waals surface area contributed by atoms with Gasteiger partial charge in [-0.2, -0.15) is 0 Å². The average Bonchev–Trinajstić information content (AvgIpc) is 3.24. The van der Waals surface area contributed by atoms with E-state index in [1.807, 2.05) is 6.07 Å². The van der Waals surface area contributed by atoms with E-state index in [1.54, 1.807) is 24.1 Å². The Hall–Kier alpha value is -2.77. The van der Waals surface area contributed by atoms with Gasteiger partial charge in [-0.15, -0.1) is 5.10 Å². The van der Waals surface area contributed by atoms with E-state index in [4.69, 9.17) is 14.2 Å². The van der Waals surface area contributed by atoms with Crippen LogP contribution < -0.4 is 19.5 Å². The van der Waals surface area contributed by atoms with E-state index in [0.717, 1.165) is 5.56 Å². The van der Waals surface area contributed by atoms with Gasteiger partial charge in [0.1, 0.15) is 17.5 Å². The molecular weight excluding hydrogens is 288 g/mol. The Kier molecular flexibility index (Phi) is 2.88. The SMILES string of the molecule is COc1cc2c(cc1-c1cn([C@@H]3CCNC3=O)nn1)OCO2. The minimum atomic E-state index is -0.304. The van der Waals surface area contributed by atoms with Gasteiger partial charge in [0.25, 0.3) is 0 Å². The predicted octanol–water partition coefficient (Wildman–Crippen LogP) is 0.743. The highest BCUT2D eigenvalue weighted by atomic mass is 16.7. The van der Waals surface area contributed by atoms with Crippen LogP contribution in [0.4, 0.5) is 0 Å². The molecule has 8 heteroatoms. The standard InChI is InChI=1S/C14H14N4O4/c1-20-11-5-13-12(21-7-22-13)4-8(11)9-6-18(17-16-9)10-2-3-15-14(10)19/h4-6,10H,2-3,7H2,1H3,(H,15,19)/t10-/m1/s1. The highest BCUT2D eigenvalue weighted by Crippen LogP contribution is 2.41. The monoisotopic (exact) mass is 302 g/mol. The van der Waals surface area contributed by atoms with Gasteiger partial charge in [0.05, 0.1) is 13.3 Å². The lowest BCUT2D eigenvalue weighted by Gasteiger charge is -2.07. The number of methoxy groups -OCH3 is 1. The zero-order valence-corrected chi connectivity index (χ0v) is 11.9. The third-order valence-corrected chi connectivity index (χ3v) is 3.82. The number of benzene rings is 1. The molecule has 1 N–H and O–H groups in total. The van der Waals surface area contributed by atoms with E-state index in [9.17, 15) is 4.79 Å². The highest BCUT2D eigenvalue weighted by molar-refractivity contribution is 5.82. The van der Waals surface area contributed by atoms with Gasteiger partial charge in [-0.3, -0.25) is 4.79 Å². The maximum absolute atomic E-state index is 11.7. The number of hydrogen-bond donors (Lipinski definition) is 1. The van der Waals surface area contributed by atoms with Gasteiger partial charge >= 0.3 is 0 Å². The van der Waals surface area contributed by atoms with Crippen molar-refractivity contribution in [2.75, 3.05) is 20.4 Å². The summed E-state index contributed by atoms with van der Waals surface area (Å²) < 4.78 is 17.7. The Bertz CT molecular complexity index is 742. The molecule has 1 aromatic carbocycles. The average molecular weight is 302 g/mol. The number of ether oxygens (including phenoxy) is 3. The Morgan fingerprint density at radius 2 is 2.18 bits per heavy atom. The summed E-state index contributed by atoms with van der Waals surface area (Å²) in [6, 6.07) is 3.27. The van der Waals surface area contributed by atoms with Crippen LogP contribution in [-0.4, -0.2) is 41.3 Å². The van der Waals surface area contributed by atoms with E-state index in [0.29, 0.717) is 35.9 Å². The molecule has 22 heavy (non-hydrogen) atoms. The minimum Gasteiger partial charge on any atom is -0.496 e. The molecule has 114 valence electrons. The van der Waals surface area contributed by atoms with Crippen molar-refractivity contribution in [1.82, 2.24) is 20.3 Å². The molecular formula is C14H14N4O4. The number of carbonyl (C=O) groups is 1. The topological polar surface area (TPSA) is 87.5 Å². The number of nitrogens with one attached hydrogen (secondary N) is 1. The van der Waals surface area contributed by atoms with Crippen LogP contribution in [0.1, 0.15) is 12.5 Å². The first-order valence-corrected chi connectivity index (χ1v) is 6.94. The van der Waals surface area contributed by atoms with Crippen LogP contribution in [0.15, 0.2) is 18.3 Å². The summed E-state index contributed by atoms with van der Waals surface area (Å²) in [6.45, 7) is 0.850. The fraction of sp³-hybridized carbons (Fsp3) is 0.357. The van der Waals surface area contributed by atoms with Crippen molar-refractivity contribution in [3.05, 3.63) is 18.3 Å². The Morgan fingerprint density at radius 1 is 1.36 bits per heavy atom. The van der Waals surface area contributed by atoms with Crippen LogP contribution in [-0.2, 0) is 4.79 Å². The number of carbonyl (C=O) groups excluding carboxylic acids is 1. The molecule has 0 unspecified atom stereocenters. The second kappa shape index (κ2) is 4.90. The first-order valence-electron chi connectivity index (χ1n) is 6.94. The van der Waals surface area contributed by atoms with Crippen LogP contribution >= 0.6 is 0 Å². The van der Waals surface area contributed by atoms with Crippen molar-refractivity contribution in [2.24, 2.45) is 0 Å². The lowest BCUT2D eigenvalue weighted by Crippen LogP contribution is -2.22. The van der Waals surface area contributed by atoms with Crippen LogP contribution in [0.5, 0.6) is 17.2 Å². The Morgan fingerprint density at radius 3 is 2.91 bits per heavy atom. The zero-order valence-electron chi connectivity index (χ0n) is 11.9. The summed E-state index contributed by atoms with van der Waals surface area (Å²) in [5.74, 6) is 1.87. The number of nitrogens with zero attached hydrogens (tertiary/aromatic N) is 3. The van der Waals surface area contributed by atoms with Crippen molar-refractivity contribution < 1.29 is 19.0 Å². The summed E-state index contributed by atoms with van der Waals surface area (Å²) in [5.41, 5.74) is 1.37. The highest BCUT2D eigenvalue weighted by Gasteiger charge is 2.28. The molecule has 0 bridgehead atoms. The molecule has 4 rings (SSSR count). The third kappa shape index (κ3) is 1.95. The smallest absolute Gasteiger partial charge is 0.245 e. The first kappa shape index (κ1) is 12.9. The van der Waals surface area contributed by atoms with E-state index in [2.05, 4.69) is 15.6 Å². The summed E-state index contributed by atoms with van der Waals surface area (Å²) in [5, 5.41) is 11.0.